The molecule has 0 unspecified atom stereocenters. The first-order valence-electron chi connectivity index (χ1n) is 12.7. The summed E-state index contributed by atoms with van der Waals surface area (Å²) in [4.78, 5) is 20.6. The molecule has 1 amide bonds. The van der Waals surface area contributed by atoms with Gasteiger partial charge in [0.15, 0.2) is 0 Å². The van der Waals surface area contributed by atoms with E-state index in [1.807, 2.05) is 17.0 Å². The number of hydrogen-bond acceptors (Lipinski definition) is 3. The molecule has 0 spiro atoms. The Morgan fingerprint density at radius 2 is 1.71 bits per heavy atom. The number of H-pyrrole nitrogens is 1. The van der Waals surface area contributed by atoms with Gasteiger partial charge in [-0.1, -0.05) is 36.4 Å². The first-order chi connectivity index (χ1) is 16.7. The third kappa shape index (κ3) is 5.20. The summed E-state index contributed by atoms with van der Waals surface area (Å²) < 4.78 is 0. The van der Waals surface area contributed by atoms with Crippen molar-refractivity contribution in [2.75, 3.05) is 32.7 Å². The summed E-state index contributed by atoms with van der Waals surface area (Å²) in [5.41, 5.74) is 3.42. The van der Waals surface area contributed by atoms with E-state index in [2.05, 4.69) is 40.3 Å². The molecule has 2 aliphatic heterocycles. The summed E-state index contributed by atoms with van der Waals surface area (Å²) in [6.45, 7) is 5.19. The number of benzene rings is 2. The van der Waals surface area contributed by atoms with Crippen LogP contribution in [0.1, 0.15) is 49.1 Å². The fraction of sp³-hybridized carbons (Fsp3) is 0.414. The molecule has 0 aliphatic carbocycles. The average molecular weight is 458 g/mol. The molecule has 0 radical (unpaired) electrons. The second kappa shape index (κ2) is 10.5. The number of amides is 1. The van der Waals surface area contributed by atoms with E-state index in [9.17, 15) is 9.90 Å². The minimum absolute atomic E-state index is 0.0426. The highest BCUT2D eigenvalue weighted by Crippen LogP contribution is 2.33. The van der Waals surface area contributed by atoms with Crippen LogP contribution in [0.25, 0.3) is 17.0 Å². The Morgan fingerprint density at radius 1 is 0.971 bits per heavy atom. The van der Waals surface area contributed by atoms with Gasteiger partial charge in [0, 0.05) is 41.8 Å². The van der Waals surface area contributed by atoms with Crippen molar-refractivity contribution in [2.24, 2.45) is 5.92 Å². The van der Waals surface area contributed by atoms with Crippen LogP contribution in [0.4, 0.5) is 0 Å². The van der Waals surface area contributed by atoms with Crippen molar-refractivity contribution in [3.8, 4) is 5.75 Å². The van der Waals surface area contributed by atoms with Gasteiger partial charge in [0.25, 0.3) is 0 Å². The number of aromatic nitrogens is 1. The smallest absolute Gasteiger partial charge is 0.246 e. The first kappa shape index (κ1) is 22.7. The number of rotatable bonds is 6. The van der Waals surface area contributed by atoms with E-state index >= 15 is 0 Å². The second-order valence-electron chi connectivity index (χ2n) is 9.86. The lowest BCUT2D eigenvalue weighted by molar-refractivity contribution is -0.127. The number of carbonyl (C=O) groups excluding carboxylic acids is 1. The van der Waals surface area contributed by atoms with E-state index in [4.69, 9.17) is 0 Å². The van der Waals surface area contributed by atoms with Crippen LogP contribution in [0.3, 0.4) is 0 Å². The van der Waals surface area contributed by atoms with Crippen molar-refractivity contribution < 1.29 is 9.90 Å². The van der Waals surface area contributed by atoms with Crippen LogP contribution < -0.4 is 0 Å². The zero-order valence-corrected chi connectivity index (χ0v) is 19.8. The minimum Gasteiger partial charge on any atom is -0.507 e. The number of hydrogen-bond donors (Lipinski definition) is 2. The van der Waals surface area contributed by atoms with Gasteiger partial charge < -0.3 is 19.9 Å². The van der Waals surface area contributed by atoms with Crippen molar-refractivity contribution in [2.45, 2.75) is 38.0 Å². The van der Waals surface area contributed by atoms with E-state index in [-0.39, 0.29) is 11.7 Å². The van der Waals surface area contributed by atoms with Crippen LogP contribution in [0.5, 0.6) is 5.75 Å². The molecule has 178 valence electrons. The van der Waals surface area contributed by atoms with Gasteiger partial charge in [0.1, 0.15) is 5.75 Å². The molecule has 5 rings (SSSR count). The van der Waals surface area contributed by atoms with E-state index < -0.39 is 0 Å². The summed E-state index contributed by atoms with van der Waals surface area (Å²) >= 11 is 0. The minimum atomic E-state index is 0.0426. The summed E-state index contributed by atoms with van der Waals surface area (Å²) in [6.07, 6.45) is 11.4. The molecule has 34 heavy (non-hydrogen) atoms. The van der Waals surface area contributed by atoms with Gasteiger partial charge in [-0.05, 0) is 87.3 Å². The monoisotopic (exact) mass is 457 g/mol. The number of phenols is 1. The Balaban J connectivity index is 1.04. The SMILES string of the molecule is O=C(/C=C/c1ccccc1O)N1CCC(CCN2CCC(c3c[nH]c4ccccc34)CC2)CC1. The number of para-hydroxylation sites is 2. The largest absolute Gasteiger partial charge is 0.507 e. The maximum atomic E-state index is 12.6. The van der Waals surface area contributed by atoms with Gasteiger partial charge in [-0.3, -0.25) is 4.79 Å². The Hall–Kier alpha value is -3.05. The number of nitrogens with zero attached hydrogens (tertiary/aromatic N) is 2. The highest BCUT2D eigenvalue weighted by Gasteiger charge is 2.25. The normalized spacial score (nSPS) is 18.8. The predicted octanol–water partition coefficient (Wildman–Crippen LogP) is 5.40. The quantitative estimate of drug-likeness (QED) is 0.488. The molecular formula is C29H35N3O2. The van der Waals surface area contributed by atoms with Crippen LogP contribution in [0.2, 0.25) is 0 Å². The summed E-state index contributed by atoms with van der Waals surface area (Å²) in [5, 5.41) is 11.2. The fourth-order valence-electron chi connectivity index (χ4n) is 5.60. The number of aromatic amines is 1. The Morgan fingerprint density at radius 3 is 2.50 bits per heavy atom. The molecule has 3 heterocycles. The molecule has 2 aliphatic rings. The molecule has 3 aromatic rings. The predicted molar refractivity (Wildman–Crippen MR) is 138 cm³/mol. The molecule has 2 N–H and O–H groups in total. The first-order valence-corrected chi connectivity index (χ1v) is 12.7. The molecule has 2 aromatic carbocycles. The maximum absolute atomic E-state index is 12.6. The Bertz CT molecular complexity index is 1130. The van der Waals surface area contributed by atoms with Crippen LogP contribution in [0.15, 0.2) is 60.8 Å². The zero-order valence-electron chi connectivity index (χ0n) is 19.8. The lowest BCUT2D eigenvalue weighted by Crippen LogP contribution is -2.39. The third-order valence-corrected chi connectivity index (χ3v) is 7.77. The number of likely N-dealkylation sites (tertiary alicyclic amines) is 2. The molecule has 0 saturated carbocycles. The molecule has 0 atom stereocenters. The van der Waals surface area contributed by atoms with Gasteiger partial charge in [0.05, 0.1) is 0 Å². The molecule has 2 fully saturated rings. The third-order valence-electron chi connectivity index (χ3n) is 7.77. The topological polar surface area (TPSA) is 59.6 Å². The molecule has 1 aromatic heterocycles. The summed E-state index contributed by atoms with van der Waals surface area (Å²) in [5.74, 6) is 1.61. The van der Waals surface area contributed by atoms with Gasteiger partial charge in [-0.2, -0.15) is 0 Å². The van der Waals surface area contributed by atoms with Crippen LogP contribution in [-0.2, 0) is 4.79 Å². The van der Waals surface area contributed by atoms with Gasteiger partial charge >= 0.3 is 0 Å². The number of carbonyl (C=O) groups is 1. The van der Waals surface area contributed by atoms with E-state index in [0.717, 1.165) is 25.9 Å². The standard InChI is InChI=1S/C29H35N3O2/c33-28-8-4-1-5-24(28)9-10-29(34)32-19-12-22(13-20-32)11-16-31-17-14-23(15-18-31)26-21-30-27-7-3-2-6-25(26)27/h1-10,21-23,30,33H,11-20H2/b10-9+. The zero-order chi connectivity index (χ0) is 23.3. The number of phenolic OH excluding ortho intramolecular Hbond substituents is 1. The van der Waals surface area contributed by atoms with Gasteiger partial charge in [-0.15, -0.1) is 0 Å². The molecule has 5 heteroatoms. The maximum Gasteiger partial charge on any atom is 0.246 e. The highest BCUT2D eigenvalue weighted by atomic mass is 16.3. The van der Waals surface area contributed by atoms with Crippen molar-refractivity contribution in [3.63, 3.8) is 0 Å². The van der Waals surface area contributed by atoms with Crippen molar-refractivity contribution in [3.05, 3.63) is 71.9 Å². The van der Waals surface area contributed by atoms with E-state index in [1.54, 1.807) is 24.3 Å². The Labute approximate surface area is 202 Å². The summed E-state index contributed by atoms with van der Waals surface area (Å²) in [7, 11) is 0. The molecule has 2 saturated heterocycles. The lowest BCUT2D eigenvalue weighted by atomic mass is 9.88. The van der Waals surface area contributed by atoms with Crippen LogP contribution in [-0.4, -0.2) is 58.5 Å². The van der Waals surface area contributed by atoms with E-state index in [0.29, 0.717) is 17.4 Å². The lowest BCUT2D eigenvalue weighted by Gasteiger charge is -2.35. The number of aromatic hydroxyl groups is 1. The van der Waals surface area contributed by atoms with Crippen molar-refractivity contribution >= 4 is 22.9 Å². The number of nitrogens with one attached hydrogen (secondary N) is 1. The second-order valence-corrected chi connectivity index (χ2v) is 9.86. The number of fused-ring (bicyclic) bond motifs is 1. The van der Waals surface area contributed by atoms with Crippen LogP contribution in [0, 0.1) is 5.92 Å². The van der Waals surface area contributed by atoms with Gasteiger partial charge in [0.2, 0.25) is 5.91 Å². The van der Waals surface area contributed by atoms with Crippen LogP contribution >= 0.6 is 0 Å². The van der Waals surface area contributed by atoms with Crippen molar-refractivity contribution in [1.82, 2.24) is 14.8 Å². The average Bonchev–Trinajstić information content (AvgIpc) is 3.32. The van der Waals surface area contributed by atoms with Crippen molar-refractivity contribution in [1.29, 1.82) is 0 Å². The molecule has 5 nitrogen and oxygen atoms in total. The fourth-order valence-corrected chi connectivity index (χ4v) is 5.60. The molecular weight excluding hydrogens is 422 g/mol. The Kier molecular flexibility index (Phi) is 7.00. The summed E-state index contributed by atoms with van der Waals surface area (Å²) in [6, 6.07) is 15.7. The van der Waals surface area contributed by atoms with Gasteiger partial charge in [-0.25, -0.2) is 0 Å². The number of piperidine rings is 2. The van der Waals surface area contributed by atoms with E-state index in [1.165, 1.54) is 55.4 Å². The highest BCUT2D eigenvalue weighted by molar-refractivity contribution is 5.92. The molecule has 0 bridgehead atoms.